The third-order valence-electron chi connectivity index (χ3n) is 4.96. The minimum atomic E-state index is -1.36. The highest BCUT2D eigenvalue weighted by atomic mass is 32.2. The molecule has 0 radical (unpaired) electrons. The van der Waals surface area contributed by atoms with E-state index in [1.165, 1.54) is 29.2 Å². The molecule has 1 atom stereocenters. The summed E-state index contributed by atoms with van der Waals surface area (Å²) in [4.78, 5) is 51.9. The van der Waals surface area contributed by atoms with Gasteiger partial charge in [-0.15, -0.1) is 0 Å². The number of allylic oxidation sites excluding steroid dienone is 2. The van der Waals surface area contributed by atoms with Gasteiger partial charge in [0.1, 0.15) is 10.4 Å². The average Bonchev–Trinajstić information content (AvgIpc) is 3.22. The highest BCUT2D eigenvalue weighted by Gasteiger charge is 2.48. The highest BCUT2D eigenvalue weighted by molar-refractivity contribution is 8.26. The van der Waals surface area contributed by atoms with Crippen molar-refractivity contribution in [2.24, 2.45) is 0 Å². The molecule has 4 rings (SSSR count). The predicted octanol–water partition coefficient (Wildman–Crippen LogP) is 2.14. The first-order valence-electron chi connectivity index (χ1n) is 9.54. The number of carboxylic acids is 1. The molecule has 0 aliphatic carbocycles. The molecule has 2 aromatic rings. The van der Waals surface area contributed by atoms with Gasteiger partial charge in [0, 0.05) is 0 Å². The molecule has 0 aromatic heterocycles. The number of rotatable bonds is 5. The zero-order valence-corrected chi connectivity index (χ0v) is 18.1. The van der Waals surface area contributed by atoms with Crippen LogP contribution in [0.5, 0.6) is 0 Å². The summed E-state index contributed by atoms with van der Waals surface area (Å²) in [6.07, 6.45) is 4.99. The topological polar surface area (TPSA) is 97.8 Å². The van der Waals surface area contributed by atoms with Crippen LogP contribution in [-0.2, 0) is 14.4 Å². The standard InChI is InChI=1S/C23H16N2O5S2/c26-19-13-17(20(27)24(19)16-11-9-15(10-12-16)22(29)30)25-21(28)18(32-23(25)31)8-4-7-14-5-2-1-3-6-14/h1-12,17H,13H2,(H,29,30)/p-1/b7-4+,18-8-/t17-/m0/s1. The number of thiocarbonyl (C=S) groups is 1. The number of benzene rings is 2. The molecular formula is C23H15N2O5S2-. The Balaban J connectivity index is 1.52. The van der Waals surface area contributed by atoms with Crippen LogP contribution < -0.4 is 10.0 Å². The molecule has 2 heterocycles. The lowest BCUT2D eigenvalue weighted by atomic mass is 10.2. The van der Waals surface area contributed by atoms with Crippen LogP contribution in [0.2, 0.25) is 0 Å². The van der Waals surface area contributed by atoms with Crippen molar-refractivity contribution < 1.29 is 24.3 Å². The molecule has 9 heteroatoms. The van der Waals surface area contributed by atoms with Gasteiger partial charge in [-0.2, -0.15) is 0 Å². The Bertz CT molecular complexity index is 1190. The maximum atomic E-state index is 13.0. The van der Waals surface area contributed by atoms with Crippen LogP contribution in [-0.4, -0.2) is 39.0 Å². The number of hydrogen-bond acceptors (Lipinski definition) is 7. The van der Waals surface area contributed by atoms with Gasteiger partial charge in [-0.1, -0.05) is 78.6 Å². The number of hydrogen-bond donors (Lipinski definition) is 0. The van der Waals surface area contributed by atoms with E-state index in [4.69, 9.17) is 12.2 Å². The number of aromatic carboxylic acids is 1. The molecule has 3 amide bonds. The van der Waals surface area contributed by atoms with Gasteiger partial charge in [0.15, 0.2) is 0 Å². The number of thioether (sulfide) groups is 1. The molecule has 0 unspecified atom stereocenters. The molecule has 0 saturated carbocycles. The number of amides is 3. The van der Waals surface area contributed by atoms with E-state index < -0.39 is 29.7 Å². The van der Waals surface area contributed by atoms with Gasteiger partial charge in [0.2, 0.25) is 5.91 Å². The van der Waals surface area contributed by atoms with Gasteiger partial charge >= 0.3 is 0 Å². The normalized spacial score (nSPS) is 20.2. The smallest absolute Gasteiger partial charge is 0.266 e. The first kappa shape index (κ1) is 21.7. The molecule has 2 fully saturated rings. The molecule has 0 spiro atoms. The summed E-state index contributed by atoms with van der Waals surface area (Å²) in [7, 11) is 0. The zero-order valence-electron chi connectivity index (χ0n) is 16.5. The fourth-order valence-corrected chi connectivity index (χ4v) is 4.72. The maximum Gasteiger partial charge on any atom is 0.266 e. The van der Waals surface area contributed by atoms with Gasteiger partial charge in [-0.3, -0.25) is 19.3 Å². The lowest BCUT2D eigenvalue weighted by Gasteiger charge is -2.21. The summed E-state index contributed by atoms with van der Waals surface area (Å²) in [6.45, 7) is 0. The van der Waals surface area contributed by atoms with Crippen molar-refractivity contribution >= 4 is 63.8 Å². The molecule has 0 bridgehead atoms. The third kappa shape index (κ3) is 4.12. The molecule has 160 valence electrons. The van der Waals surface area contributed by atoms with Crippen LogP contribution in [0.4, 0.5) is 5.69 Å². The van der Waals surface area contributed by atoms with Crippen LogP contribution in [0.25, 0.3) is 6.08 Å². The Morgan fingerprint density at radius 2 is 1.75 bits per heavy atom. The third-order valence-corrected chi connectivity index (χ3v) is 6.30. The summed E-state index contributed by atoms with van der Waals surface area (Å²) < 4.78 is 0.203. The summed E-state index contributed by atoms with van der Waals surface area (Å²) in [5.41, 5.74) is 1.12. The largest absolute Gasteiger partial charge is 0.545 e. The molecule has 2 aromatic carbocycles. The van der Waals surface area contributed by atoms with E-state index in [0.717, 1.165) is 22.2 Å². The van der Waals surface area contributed by atoms with Crippen molar-refractivity contribution in [1.82, 2.24) is 4.90 Å². The lowest BCUT2D eigenvalue weighted by molar-refractivity contribution is -0.255. The fourth-order valence-electron chi connectivity index (χ4n) is 3.41. The number of imide groups is 1. The molecule has 7 nitrogen and oxygen atoms in total. The summed E-state index contributed by atoms with van der Waals surface area (Å²) in [6, 6.07) is 13.7. The van der Waals surface area contributed by atoms with Gasteiger partial charge in [0.05, 0.1) is 23.0 Å². The van der Waals surface area contributed by atoms with Crippen molar-refractivity contribution in [2.75, 3.05) is 4.90 Å². The van der Waals surface area contributed by atoms with E-state index in [-0.39, 0.29) is 22.0 Å². The van der Waals surface area contributed by atoms with Crippen LogP contribution in [0.3, 0.4) is 0 Å². The number of carbonyl (C=O) groups excluding carboxylic acids is 4. The van der Waals surface area contributed by atoms with Gasteiger partial charge in [-0.05, 0) is 29.3 Å². The number of anilines is 1. The molecule has 2 saturated heterocycles. The van der Waals surface area contributed by atoms with Crippen molar-refractivity contribution in [1.29, 1.82) is 0 Å². The van der Waals surface area contributed by atoms with Gasteiger partial charge in [-0.25, -0.2) is 4.90 Å². The van der Waals surface area contributed by atoms with E-state index in [9.17, 15) is 24.3 Å². The predicted molar refractivity (Wildman–Crippen MR) is 122 cm³/mol. The second-order valence-corrected chi connectivity index (χ2v) is 8.64. The van der Waals surface area contributed by atoms with E-state index in [2.05, 4.69) is 0 Å². The number of carboxylic acid groups (broad SMARTS) is 1. The molecular weight excluding hydrogens is 448 g/mol. The Labute approximate surface area is 193 Å². The Kier molecular flexibility index (Phi) is 6.02. The second kappa shape index (κ2) is 8.89. The van der Waals surface area contributed by atoms with Crippen molar-refractivity contribution in [2.45, 2.75) is 12.5 Å². The average molecular weight is 464 g/mol. The van der Waals surface area contributed by atoms with Crippen LogP contribution in [0.1, 0.15) is 22.3 Å². The molecule has 32 heavy (non-hydrogen) atoms. The van der Waals surface area contributed by atoms with Crippen LogP contribution in [0.15, 0.2) is 71.7 Å². The Morgan fingerprint density at radius 1 is 1.06 bits per heavy atom. The Hall–Kier alpha value is -3.56. The van der Waals surface area contributed by atoms with E-state index in [1.807, 2.05) is 36.4 Å². The summed E-state index contributed by atoms with van der Waals surface area (Å²) in [5.74, 6) is -2.88. The van der Waals surface area contributed by atoms with Gasteiger partial charge < -0.3 is 9.90 Å². The van der Waals surface area contributed by atoms with Crippen molar-refractivity contribution in [3.05, 3.63) is 82.8 Å². The molecule has 0 N–H and O–H groups in total. The Morgan fingerprint density at radius 3 is 2.41 bits per heavy atom. The summed E-state index contributed by atoms with van der Waals surface area (Å²) >= 11 is 6.39. The first-order chi connectivity index (χ1) is 15.4. The minimum absolute atomic E-state index is 0.0740. The monoisotopic (exact) mass is 463 g/mol. The zero-order chi connectivity index (χ0) is 22.8. The van der Waals surface area contributed by atoms with Gasteiger partial charge in [0.25, 0.3) is 11.8 Å². The maximum absolute atomic E-state index is 13.0. The first-order valence-corrected chi connectivity index (χ1v) is 10.8. The number of nitrogens with zero attached hydrogens (tertiary/aromatic N) is 2. The van der Waals surface area contributed by atoms with E-state index in [0.29, 0.717) is 4.91 Å². The second-order valence-electron chi connectivity index (χ2n) is 6.97. The quantitative estimate of drug-likeness (QED) is 0.381. The molecule has 2 aliphatic rings. The fraction of sp³-hybridized carbons (Fsp3) is 0.0870. The lowest BCUT2D eigenvalue weighted by Crippen LogP contribution is -2.44. The summed E-state index contributed by atoms with van der Waals surface area (Å²) in [5, 5.41) is 10.9. The van der Waals surface area contributed by atoms with Crippen molar-refractivity contribution in [3.63, 3.8) is 0 Å². The SMILES string of the molecule is O=C([O-])c1ccc(N2C(=O)C[C@H](N3C(=O)/C(=C/C=C/c4ccccc4)SC3=S)C2=O)cc1. The van der Waals surface area contributed by atoms with Crippen LogP contribution in [0, 0.1) is 0 Å². The molecule has 2 aliphatic heterocycles. The van der Waals surface area contributed by atoms with E-state index >= 15 is 0 Å². The van der Waals surface area contributed by atoms with E-state index in [1.54, 1.807) is 12.2 Å². The number of carbonyl (C=O) groups is 4. The highest BCUT2D eigenvalue weighted by Crippen LogP contribution is 2.36. The van der Waals surface area contributed by atoms with Crippen LogP contribution >= 0.6 is 24.0 Å². The van der Waals surface area contributed by atoms with Crippen molar-refractivity contribution in [3.8, 4) is 0 Å². The minimum Gasteiger partial charge on any atom is -0.545 e.